The maximum atomic E-state index is 12.8. The Morgan fingerprint density at radius 3 is 2.39 bits per heavy atom. The second-order valence-electron chi connectivity index (χ2n) is 6.99. The van der Waals surface area contributed by atoms with Gasteiger partial charge in [-0.25, -0.2) is 15.0 Å². The minimum Gasteiger partial charge on any atom is -0.339 e. The molecule has 1 aliphatic heterocycles. The minimum atomic E-state index is 0.163. The van der Waals surface area contributed by atoms with Crippen molar-refractivity contribution in [2.45, 2.75) is 20.3 Å². The van der Waals surface area contributed by atoms with Crippen LogP contribution < -0.4 is 4.90 Å². The van der Waals surface area contributed by atoms with Gasteiger partial charge in [-0.3, -0.25) is 4.79 Å². The van der Waals surface area contributed by atoms with Gasteiger partial charge in [0.25, 0.3) is 0 Å². The number of aryl methyl sites for hydroxylation is 2. The highest BCUT2D eigenvalue weighted by Gasteiger charge is 2.23. The zero-order chi connectivity index (χ0) is 19.5. The average molecular weight is 394 g/mol. The molecule has 3 heterocycles. The van der Waals surface area contributed by atoms with E-state index in [-0.39, 0.29) is 5.91 Å². The molecule has 0 unspecified atom stereocenters. The summed E-state index contributed by atoms with van der Waals surface area (Å²) in [6, 6.07) is 10.2. The van der Waals surface area contributed by atoms with Gasteiger partial charge in [-0.15, -0.1) is 11.3 Å². The smallest absolute Gasteiger partial charge is 0.228 e. The third-order valence-corrected chi connectivity index (χ3v) is 6.18. The number of thiazole rings is 1. The van der Waals surface area contributed by atoms with Crippen molar-refractivity contribution in [1.82, 2.24) is 19.9 Å². The molecule has 3 aromatic rings. The number of amides is 1. The van der Waals surface area contributed by atoms with E-state index in [9.17, 15) is 4.79 Å². The maximum absolute atomic E-state index is 12.8. The van der Waals surface area contributed by atoms with Crippen molar-refractivity contribution < 1.29 is 4.79 Å². The number of carbonyl (C=O) groups excluding carboxylic acids is 1. The van der Waals surface area contributed by atoms with Crippen molar-refractivity contribution in [1.29, 1.82) is 0 Å². The molecule has 0 saturated carbocycles. The summed E-state index contributed by atoms with van der Waals surface area (Å²) in [6.07, 6.45) is 3.91. The van der Waals surface area contributed by atoms with Crippen LogP contribution in [0.25, 0.3) is 10.6 Å². The highest BCUT2D eigenvalue weighted by atomic mass is 32.1. The number of carbonyl (C=O) groups is 1. The van der Waals surface area contributed by atoms with Crippen LogP contribution in [0.2, 0.25) is 0 Å². The Morgan fingerprint density at radius 2 is 1.71 bits per heavy atom. The molecule has 7 heteroatoms. The second kappa shape index (κ2) is 8.06. The van der Waals surface area contributed by atoms with Crippen LogP contribution in [-0.4, -0.2) is 51.9 Å². The molecule has 1 aromatic carbocycles. The summed E-state index contributed by atoms with van der Waals surface area (Å²) >= 11 is 1.62. The first kappa shape index (κ1) is 18.6. The lowest BCUT2D eigenvalue weighted by atomic mass is 10.2. The third-order valence-electron chi connectivity index (χ3n) is 4.97. The lowest BCUT2D eigenvalue weighted by Crippen LogP contribution is -2.49. The van der Waals surface area contributed by atoms with Crippen LogP contribution in [0.1, 0.15) is 16.1 Å². The molecule has 28 heavy (non-hydrogen) atoms. The molecule has 144 valence electrons. The molecule has 0 N–H and O–H groups in total. The quantitative estimate of drug-likeness (QED) is 0.682. The molecule has 1 fully saturated rings. The molecule has 0 spiro atoms. The zero-order valence-electron chi connectivity index (χ0n) is 16.1. The molecule has 4 rings (SSSR count). The van der Waals surface area contributed by atoms with Crippen LogP contribution in [0.4, 0.5) is 5.95 Å². The Labute approximate surface area is 168 Å². The highest BCUT2D eigenvalue weighted by molar-refractivity contribution is 7.15. The van der Waals surface area contributed by atoms with Gasteiger partial charge in [0, 0.05) is 49.0 Å². The van der Waals surface area contributed by atoms with Crippen LogP contribution in [0, 0.1) is 13.8 Å². The molecular formula is C21H23N5OS. The Bertz CT molecular complexity index is 947. The Hall–Kier alpha value is -2.80. The van der Waals surface area contributed by atoms with E-state index in [1.807, 2.05) is 17.9 Å². The Morgan fingerprint density at radius 1 is 1.04 bits per heavy atom. The molecule has 1 saturated heterocycles. The Balaban J connectivity index is 1.38. The van der Waals surface area contributed by atoms with Crippen LogP contribution >= 0.6 is 11.3 Å². The van der Waals surface area contributed by atoms with Crippen molar-refractivity contribution in [3.63, 3.8) is 0 Å². The Kier molecular flexibility index (Phi) is 5.34. The van der Waals surface area contributed by atoms with Gasteiger partial charge < -0.3 is 9.80 Å². The number of rotatable bonds is 4. The van der Waals surface area contributed by atoms with Gasteiger partial charge in [0.2, 0.25) is 11.9 Å². The fraction of sp³-hybridized carbons (Fsp3) is 0.333. The number of anilines is 1. The van der Waals surface area contributed by atoms with E-state index in [2.05, 4.69) is 51.0 Å². The molecule has 1 aliphatic rings. The summed E-state index contributed by atoms with van der Waals surface area (Å²) < 4.78 is 0. The lowest BCUT2D eigenvalue weighted by molar-refractivity contribution is -0.130. The van der Waals surface area contributed by atoms with E-state index < -0.39 is 0 Å². The van der Waals surface area contributed by atoms with Gasteiger partial charge in [-0.05, 0) is 19.9 Å². The van der Waals surface area contributed by atoms with Crippen LogP contribution in [0.5, 0.6) is 0 Å². The van der Waals surface area contributed by atoms with Gasteiger partial charge in [-0.1, -0.05) is 29.8 Å². The number of piperazine rings is 1. The predicted octanol–water partition coefficient (Wildman–Crippen LogP) is 3.11. The third kappa shape index (κ3) is 4.04. The number of hydrogen-bond donors (Lipinski definition) is 0. The average Bonchev–Trinajstić information content (AvgIpc) is 3.09. The van der Waals surface area contributed by atoms with E-state index >= 15 is 0 Å². The SMILES string of the molecule is Cc1ccc(-c2nc(C)c(CC(=O)N3CCN(c4ncccn4)CC3)s2)cc1. The minimum absolute atomic E-state index is 0.163. The highest BCUT2D eigenvalue weighted by Crippen LogP contribution is 2.29. The first-order chi connectivity index (χ1) is 13.6. The largest absolute Gasteiger partial charge is 0.339 e. The van der Waals surface area contributed by atoms with E-state index in [1.165, 1.54) is 5.56 Å². The van der Waals surface area contributed by atoms with Crippen molar-refractivity contribution in [3.05, 3.63) is 58.9 Å². The van der Waals surface area contributed by atoms with Crippen molar-refractivity contribution in [2.75, 3.05) is 31.1 Å². The number of benzene rings is 1. The normalized spacial score (nSPS) is 14.4. The van der Waals surface area contributed by atoms with Crippen molar-refractivity contribution in [2.24, 2.45) is 0 Å². The lowest BCUT2D eigenvalue weighted by Gasteiger charge is -2.34. The summed E-state index contributed by atoms with van der Waals surface area (Å²) in [6.45, 7) is 6.96. The summed E-state index contributed by atoms with van der Waals surface area (Å²) in [5.74, 6) is 0.895. The van der Waals surface area contributed by atoms with Gasteiger partial charge in [0.1, 0.15) is 5.01 Å². The fourth-order valence-corrected chi connectivity index (χ4v) is 4.33. The number of hydrogen-bond acceptors (Lipinski definition) is 6. The van der Waals surface area contributed by atoms with Gasteiger partial charge in [0.15, 0.2) is 0 Å². The molecule has 0 radical (unpaired) electrons. The molecule has 1 amide bonds. The number of nitrogens with zero attached hydrogens (tertiary/aromatic N) is 5. The van der Waals surface area contributed by atoms with Crippen molar-refractivity contribution in [3.8, 4) is 10.6 Å². The first-order valence-electron chi connectivity index (χ1n) is 9.43. The molecule has 0 atom stereocenters. The van der Waals surface area contributed by atoms with E-state index in [0.29, 0.717) is 19.5 Å². The van der Waals surface area contributed by atoms with E-state index in [4.69, 9.17) is 0 Å². The summed E-state index contributed by atoms with van der Waals surface area (Å²) in [5, 5.41) is 0.978. The van der Waals surface area contributed by atoms with Crippen LogP contribution in [0.15, 0.2) is 42.7 Å². The van der Waals surface area contributed by atoms with Gasteiger partial charge >= 0.3 is 0 Å². The summed E-state index contributed by atoms with van der Waals surface area (Å²) in [4.78, 5) is 31.2. The standard InChI is InChI=1S/C21H23N5OS/c1-15-4-6-17(7-5-15)20-24-16(2)18(28-20)14-19(27)25-10-12-26(13-11-25)21-22-8-3-9-23-21/h3-9H,10-14H2,1-2H3. The van der Waals surface area contributed by atoms with E-state index in [0.717, 1.165) is 40.2 Å². The fourth-order valence-electron chi connectivity index (χ4n) is 3.27. The second-order valence-corrected chi connectivity index (χ2v) is 8.07. The molecule has 6 nitrogen and oxygen atoms in total. The summed E-state index contributed by atoms with van der Waals surface area (Å²) in [7, 11) is 0. The number of aromatic nitrogens is 3. The predicted molar refractivity (Wildman–Crippen MR) is 112 cm³/mol. The monoisotopic (exact) mass is 393 g/mol. The van der Waals surface area contributed by atoms with Crippen LogP contribution in [-0.2, 0) is 11.2 Å². The van der Waals surface area contributed by atoms with E-state index in [1.54, 1.807) is 23.7 Å². The molecular weight excluding hydrogens is 370 g/mol. The molecule has 0 aliphatic carbocycles. The zero-order valence-corrected chi connectivity index (χ0v) is 16.9. The van der Waals surface area contributed by atoms with Gasteiger partial charge in [-0.2, -0.15) is 0 Å². The first-order valence-corrected chi connectivity index (χ1v) is 10.2. The topological polar surface area (TPSA) is 62.2 Å². The molecule has 2 aromatic heterocycles. The maximum Gasteiger partial charge on any atom is 0.228 e. The summed E-state index contributed by atoms with van der Waals surface area (Å²) in [5.41, 5.74) is 3.28. The van der Waals surface area contributed by atoms with Gasteiger partial charge in [0.05, 0.1) is 12.1 Å². The van der Waals surface area contributed by atoms with Crippen molar-refractivity contribution >= 4 is 23.2 Å². The van der Waals surface area contributed by atoms with Crippen LogP contribution in [0.3, 0.4) is 0 Å². The molecule has 0 bridgehead atoms.